The van der Waals surface area contributed by atoms with E-state index in [2.05, 4.69) is 40.7 Å². The number of nitrogens with one attached hydrogen (secondary N) is 1. The van der Waals surface area contributed by atoms with Crippen LogP contribution in [0, 0.1) is 0 Å². The van der Waals surface area contributed by atoms with Crippen molar-refractivity contribution >= 4 is 22.7 Å². The van der Waals surface area contributed by atoms with Gasteiger partial charge in [-0.15, -0.1) is 22.7 Å². The summed E-state index contributed by atoms with van der Waals surface area (Å²) < 4.78 is 0. The van der Waals surface area contributed by atoms with Gasteiger partial charge in [-0.25, -0.2) is 0 Å². The van der Waals surface area contributed by atoms with Gasteiger partial charge in [0.1, 0.15) is 0 Å². The zero-order valence-corrected chi connectivity index (χ0v) is 12.9. The molecule has 0 fully saturated rings. The molecule has 3 rings (SSSR count). The van der Waals surface area contributed by atoms with Crippen LogP contribution in [0.4, 0.5) is 0 Å². The van der Waals surface area contributed by atoms with Gasteiger partial charge < -0.3 is 5.32 Å². The molecule has 0 saturated heterocycles. The minimum absolute atomic E-state index is 1.01. The SMILES string of the molecule is CCNCc1ccc(CN2CCc3sccc3C2)s1. The molecule has 102 valence electrons. The topological polar surface area (TPSA) is 15.3 Å². The maximum atomic E-state index is 3.39. The Morgan fingerprint density at radius 2 is 2.16 bits per heavy atom. The number of thiophene rings is 2. The molecule has 19 heavy (non-hydrogen) atoms. The van der Waals surface area contributed by atoms with E-state index in [4.69, 9.17) is 0 Å². The van der Waals surface area contributed by atoms with Crippen LogP contribution in [0.1, 0.15) is 27.1 Å². The Balaban J connectivity index is 1.58. The van der Waals surface area contributed by atoms with Crippen molar-refractivity contribution in [3.63, 3.8) is 0 Å². The summed E-state index contributed by atoms with van der Waals surface area (Å²) in [5, 5.41) is 5.62. The predicted octanol–water partition coefficient (Wildman–Crippen LogP) is 3.48. The first-order valence-electron chi connectivity index (χ1n) is 6.91. The second-order valence-electron chi connectivity index (χ2n) is 4.98. The molecular formula is C15H20N2S2. The minimum Gasteiger partial charge on any atom is -0.312 e. The lowest BCUT2D eigenvalue weighted by atomic mass is 10.1. The summed E-state index contributed by atoms with van der Waals surface area (Å²) in [6, 6.07) is 6.85. The molecule has 2 nitrogen and oxygen atoms in total. The summed E-state index contributed by atoms with van der Waals surface area (Å²) in [6.45, 7) is 7.64. The van der Waals surface area contributed by atoms with Gasteiger partial charge in [-0.1, -0.05) is 6.92 Å². The fraction of sp³-hybridized carbons (Fsp3) is 0.467. The Hall–Kier alpha value is -0.680. The van der Waals surface area contributed by atoms with Gasteiger partial charge in [0.2, 0.25) is 0 Å². The Kier molecular flexibility index (Phi) is 4.33. The summed E-state index contributed by atoms with van der Waals surface area (Å²) >= 11 is 3.86. The van der Waals surface area contributed by atoms with Gasteiger partial charge in [0, 0.05) is 40.8 Å². The van der Waals surface area contributed by atoms with Gasteiger partial charge in [-0.3, -0.25) is 4.90 Å². The first-order chi connectivity index (χ1) is 9.35. The highest BCUT2D eigenvalue weighted by molar-refractivity contribution is 7.12. The fourth-order valence-electron chi connectivity index (χ4n) is 2.51. The van der Waals surface area contributed by atoms with Gasteiger partial charge >= 0.3 is 0 Å². The van der Waals surface area contributed by atoms with Crippen molar-refractivity contribution in [1.29, 1.82) is 0 Å². The molecule has 0 saturated carbocycles. The molecule has 1 aliphatic rings. The first kappa shape index (κ1) is 13.3. The molecule has 0 spiro atoms. The van der Waals surface area contributed by atoms with Gasteiger partial charge in [0.15, 0.2) is 0 Å². The van der Waals surface area contributed by atoms with Crippen molar-refractivity contribution in [1.82, 2.24) is 10.2 Å². The highest BCUT2D eigenvalue weighted by Gasteiger charge is 2.17. The summed E-state index contributed by atoms with van der Waals surface area (Å²) in [7, 11) is 0. The second-order valence-corrected chi connectivity index (χ2v) is 7.23. The molecule has 0 aliphatic carbocycles. The number of fused-ring (bicyclic) bond motifs is 1. The van der Waals surface area contributed by atoms with Crippen LogP contribution in [0.15, 0.2) is 23.6 Å². The van der Waals surface area contributed by atoms with Crippen LogP contribution in [0.2, 0.25) is 0 Å². The maximum absolute atomic E-state index is 3.39. The number of hydrogen-bond donors (Lipinski definition) is 1. The average molecular weight is 292 g/mol. The largest absolute Gasteiger partial charge is 0.312 e. The van der Waals surface area contributed by atoms with Crippen LogP contribution in [-0.2, 0) is 26.1 Å². The Morgan fingerprint density at radius 1 is 1.26 bits per heavy atom. The number of hydrogen-bond acceptors (Lipinski definition) is 4. The van der Waals surface area contributed by atoms with E-state index in [-0.39, 0.29) is 0 Å². The van der Waals surface area contributed by atoms with Crippen LogP contribution in [0.25, 0.3) is 0 Å². The molecule has 0 atom stereocenters. The first-order valence-corrected chi connectivity index (χ1v) is 8.60. The summed E-state index contributed by atoms with van der Waals surface area (Å²) in [5.41, 5.74) is 1.54. The quantitative estimate of drug-likeness (QED) is 0.907. The van der Waals surface area contributed by atoms with Crippen LogP contribution in [-0.4, -0.2) is 18.0 Å². The van der Waals surface area contributed by atoms with Crippen molar-refractivity contribution < 1.29 is 0 Å². The van der Waals surface area contributed by atoms with E-state index in [0.717, 1.165) is 26.2 Å². The molecule has 0 bridgehead atoms. The molecule has 0 aromatic carbocycles. The smallest absolute Gasteiger partial charge is 0.0331 e. The Labute approximate surface area is 123 Å². The Bertz CT molecular complexity index is 530. The lowest BCUT2D eigenvalue weighted by Crippen LogP contribution is -2.28. The van der Waals surface area contributed by atoms with E-state index in [1.807, 2.05) is 22.7 Å². The molecule has 4 heteroatoms. The lowest BCUT2D eigenvalue weighted by molar-refractivity contribution is 0.249. The van der Waals surface area contributed by atoms with E-state index < -0.39 is 0 Å². The second kappa shape index (κ2) is 6.18. The van der Waals surface area contributed by atoms with E-state index in [1.54, 1.807) is 10.4 Å². The van der Waals surface area contributed by atoms with Crippen molar-refractivity contribution in [2.45, 2.75) is 33.0 Å². The van der Waals surface area contributed by atoms with Crippen LogP contribution >= 0.6 is 22.7 Å². The summed E-state index contributed by atoms with van der Waals surface area (Å²) in [6.07, 6.45) is 1.22. The third-order valence-electron chi connectivity index (χ3n) is 3.53. The van der Waals surface area contributed by atoms with Crippen LogP contribution < -0.4 is 5.32 Å². The fourth-order valence-corrected chi connectivity index (χ4v) is 4.43. The zero-order chi connectivity index (χ0) is 13.1. The maximum Gasteiger partial charge on any atom is 0.0331 e. The monoisotopic (exact) mass is 292 g/mol. The van der Waals surface area contributed by atoms with Gasteiger partial charge in [0.25, 0.3) is 0 Å². The number of rotatable bonds is 5. The van der Waals surface area contributed by atoms with Crippen molar-refractivity contribution in [2.75, 3.05) is 13.1 Å². The highest BCUT2D eigenvalue weighted by Crippen LogP contribution is 2.26. The molecular weight excluding hydrogens is 272 g/mol. The zero-order valence-electron chi connectivity index (χ0n) is 11.3. The molecule has 1 N–H and O–H groups in total. The van der Waals surface area contributed by atoms with Gasteiger partial charge in [-0.2, -0.15) is 0 Å². The van der Waals surface area contributed by atoms with E-state index in [9.17, 15) is 0 Å². The van der Waals surface area contributed by atoms with Gasteiger partial charge in [0.05, 0.1) is 0 Å². The standard InChI is InChI=1S/C15H20N2S2/c1-2-16-9-13-3-4-14(19-13)11-17-7-5-15-12(10-17)6-8-18-15/h3-4,6,8,16H,2,5,7,9-11H2,1H3. The van der Waals surface area contributed by atoms with Gasteiger partial charge in [-0.05, 0) is 42.1 Å². The molecule has 1 aliphatic heterocycles. The molecule has 0 amide bonds. The van der Waals surface area contributed by atoms with E-state index in [0.29, 0.717) is 0 Å². The molecule has 2 aromatic rings. The summed E-state index contributed by atoms with van der Waals surface area (Å²) in [4.78, 5) is 7.10. The molecule has 0 unspecified atom stereocenters. The van der Waals surface area contributed by atoms with Crippen molar-refractivity contribution in [3.8, 4) is 0 Å². The third kappa shape index (κ3) is 3.26. The minimum atomic E-state index is 1.01. The summed E-state index contributed by atoms with van der Waals surface area (Å²) in [5.74, 6) is 0. The van der Waals surface area contributed by atoms with Crippen molar-refractivity contribution in [3.05, 3.63) is 43.8 Å². The van der Waals surface area contributed by atoms with Crippen molar-refractivity contribution in [2.24, 2.45) is 0 Å². The van der Waals surface area contributed by atoms with Crippen LogP contribution in [0.3, 0.4) is 0 Å². The van der Waals surface area contributed by atoms with E-state index >= 15 is 0 Å². The molecule has 0 radical (unpaired) electrons. The van der Waals surface area contributed by atoms with E-state index in [1.165, 1.54) is 22.7 Å². The molecule has 3 heterocycles. The third-order valence-corrected chi connectivity index (χ3v) is 5.63. The number of nitrogens with zero attached hydrogens (tertiary/aromatic N) is 1. The average Bonchev–Trinajstić information content (AvgIpc) is 3.05. The lowest BCUT2D eigenvalue weighted by Gasteiger charge is -2.26. The predicted molar refractivity (Wildman–Crippen MR) is 83.8 cm³/mol. The molecule has 2 aromatic heterocycles. The normalized spacial score (nSPS) is 15.6. The Morgan fingerprint density at radius 3 is 3.05 bits per heavy atom. The highest BCUT2D eigenvalue weighted by atomic mass is 32.1. The van der Waals surface area contributed by atoms with Crippen LogP contribution in [0.5, 0.6) is 0 Å².